The molecule has 2 saturated heterocycles. The third-order valence-corrected chi connectivity index (χ3v) is 3.57. The number of hydrogen-bond acceptors (Lipinski definition) is 4. The number of nitrogens with zero attached hydrogens (tertiary/aromatic N) is 2. The Bertz CT molecular complexity index is 396. The van der Waals surface area contributed by atoms with Crippen molar-refractivity contribution < 1.29 is 19.4 Å². The van der Waals surface area contributed by atoms with Crippen LogP contribution in [0.5, 0.6) is 0 Å². The number of aliphatic carboxylic acids is 1. The van der Waals surface area contributed by atoms with Gasteiger partial charge in [-0.1, -0.05) is 5.92 Å². The Balaban J connectivity index is 1.82. The SMILES string of the molecule is C#CCN1CCN(C(=O)C2CCC(C(=O)O)O2)CC1. The molecule has 2 unspecified atom stereocenters. The van der Waals surface area contributed by atoms with E-state index in [2.05, 4.69) is 10.8 Å². The molecule has 1 N–H and O–H groups in total. The van der Waals surface area contributed by atoms with Crippen LogP contribution in [0.25, 0.3) is 0 Å². The Morgan fingerprint density at radius 1 is 1.21 bits per heavy atom. The number of rotatable bonds is 3. The number of carbonyl (C=O) groups is 2. The first-order valence-corrected chi connectivity index (χ1v) is 6.44. The molecule has 2 fully saturated rings. The zero-order valence-corrected chi connectivity index (χ0v) is 10.7. The van der Waals surface area contributed by atoms with Crippen LogP contribution >= 0.6 is 0 Å². The van der Waals surface area contributed by atoms with Gasteiger partial charge in [-0.2, -0.15) is 0 Å². The van der Waals surface area contributed by atoms with E-state index in [9.17, 15) is 9.59 Å². The summed E-state index contributed by atoms with van der Waals surface area (Å²) in [6, 6.07) is 0. The first-order valence-electron chi connectivity index (χ1n) is 6.44. The van der Waals surface area contributed by atoms with E-state index < -0.39 is 18.2 Å². The second-order valence-electron chi connectivity index (χ2n) is 4.83. The molecule has 6 nitrogen and oxygen atoms in total. The van der Waals surface area contributed by atoms with Crippen LogP contribution < -0.4 is 0 Å². The van der Waals surface area contributed by atoms with E-state index in [0.717, 1.165) is 13.1 Å². The monoisotopic (exact) mass is 266 g/mol. The lowest BCUT2D eigenvalue weighted by Gasteiger charge is -2.34. The third-order valence-electron chi connectivity index (χ3n) is 3.57. The second kappa shape index (κ2) is 6.04. The highest BCUT2D eigenvalue weighted by Gasteiger charge is 2.37. The van der Waals surface area contributed by atoms with Crippen molar-refractivity contribution in [2.75, 3.05) is 32.7 Å². The molecule has 0 aromatic rings. The molecule has 2 aliphatic heterocycles. The maximum Gasteiger partial charge on any atom is 0.332 e. The number of carboxylic acid groups (broad SMARTS) is 1. The molecule has 2 heterocycles. The normalized spacial score (nSPS) is 28.1. The van der Waals surface area contributed by atoms with Crippen molar-refractivity contribution in [3.8, 4) is 12.3 Å². The van der Waals surface area contributed by atoms with Crippen molar-refractivity contribution in [2.45, 2.75) is 25.0 Å². The summed E-state index contributed by atoms with van der Waals surface area (Å²) < 4.78 is 5.28. The fourth-order valence-corrected chi connectivity index (χ4v) is 2.46. The van der Waals surface area contributed by atoms with Crippen LogP contribution in [0, 0.1) is 12.3 Å². The number of carboxylic acids is 1. The Hall–Kier alpha value is -1.58. The number of piperazine rings is 1. The molecule has 0 saturated carbocycles. The van der Waals surface area contributed by atoms with Gasteiger partial charge >= 0.3 is 5.97 Å². The summed E-state index contributed by atoms with van der Waals surface area (Å²) >= 11 is 0. The summed E-state index contributed by atoms with van der Waals surface area (Å²) in [4.78, 5) is 26.8. The summed E-state index contributed by atoms with van der Waals surface area (Å²) in [6.07, 6.45) is 4.71. The molecule has 2 rings (SSSR count). The fraction of sp³-hybridized carbons (Fsp3) is 0.692. The Morgan fingerprint density at radius 2 is 1.84 bits per heavy atom. The van der Waals surface area contributed by atoms with Gasteiger partial charge in [-0.3, -0.25) is 9.69 Å². The van der Waals surface area contributed by atoms with Crippen molar-refractivity contribution >= 4 is 11.9 Å². The zero-order chi connectivity index (χ0) is 13.8. The van der Waals surface area contributed by atoms with Gasteiger partial charge in [0, 0.05) is 26.2 Å². The number of carbonyl (C=O) groups excluding carboxylic acids is 1. The standard InChI is InChI=1S/C13H18N2O4/c1-2-5-14-6-8-15(9-7-14)12(16)10-3-4-11(19-10)13(17)18/h1,10-11H,3-9H2,(H,17,18). The van der Waals surface area contributed by atoms with Gasteiger partial charge in [0.05, 0.1) is 6.54 Å². The van der Waals surface area contributed by atoms with Crippen LogP contribution in [0.15, 0.2) is 0 Å². The van der Waals surface area contributed by atoms with Gasteiger partial charge in [-0.05, 0) is 12.8 Å². The minimum absolute atomic E-state index is 0.0934. The molecule has 0 aliphatic carbocycles. The van der Waals surface area contributed by atoms with E-state index in [4.69, 9.17) is 16.3 Å². The largest absolute Gasteiger partial charge is 0.479 e. The van der Waals surface area contributed by atoms with Gasteiger partial charge in [0.2, 0.25) is 0 Å². The highest BCUT2D eigenvalue weighted by Crippen LogP contribution is 2.22. The van der Waals surface area contributed by atoms with Crippen LogP contribution in [-0.4, -0.2) is 71.7 Å². The Kier molecular flexibility index (Phi) is 4.40. The molecule has 0 aromatic heterocycles. The first kappa shape index (κ1) is 13.8. The summed E-state index contributed by atoms with van der Waals surface area (Å²) in [5, 5.41) is 8.84. The number of ether oxygens (including phenoxy) is 1. The van der Waals surface area contributed by atoms with Crippen molar-refractivity contribution in [3.05, 3.63) is 0 Å². The molecule has 104 valence electrons. The van der Waals surface area contributed by atoms with E-state index in [1.165, 1.54) is 0 Å². The molecule has 19 heavy (non-hydrogen) atoms. The predicted octanol–water partition coefficient (Wildman–Crippen LogP) is -0.604. The van der Waals surface area contributed by atoms with E-state index in [1.54, 1.807) is 4.90 Å². The predicted molar refractivity (Wildman–Crippen MR) is 67.4 cm³/mol. The smallest absolute Gasteiger partial charge is 0.332 e. The molecule has 0 aromatic carbocycles. The lowest BCUT2D eigenvalue weighted by Crippen LogP contribution is -2.51. The van der Waals surface area contributed by atoms with Gasteiger partial charge in [0.1, 0.15) is 6.10 Å². The van der Waals surface area contributed by atoms with Crippen LogP contribution in [0.4, 0.5) is 0 Å². The highest BCUT2D eigenvalue weighted by molar-refractivity contribution is 5.82. The lowest BCUT2D eigenvalue weighted by molar-refractivity contribution is -0.155. The molecule has 6 heteroatoms. The van der Waals surface area contributed by atoms with Gasteiger partial charge in [0.25, 0.3) is 5.91 Å². The molecule has 0 bridgehead atoms. The van der Waals surface area contributed by atoms with Crippen LogP contribution in [-0.2, 0) is 14.3 Å². The van der Waals surface area contributed by atoms with Gasteiger partial charge in [-0.25, -0.2) is 4.79 Å². The van der Waals surface area contributed by atoms with Crippen molar-refractivity contribution in [3.63, 3.8) is 0 Å². The highest BCUT2D eigenvalue weighted by atomic mass is 16.5. The average molecular weight is 266 g/mol. The van der Waals surface area contributed by atoms with Crippen LogP contribution in [0.1, 0.15) is 12.8 Å². The van der Waals surface area contributed by atoms with Crippen molar-refractivity contribution in [2.24, 2.45) is 0 Å². The molecular weight excluding hydrogens is 248 g/mol. The van der Waals surface area contributed by atoms with E-state index in [1.807, 2.05) is 0 Å². The lowest BCUT2D eigenvalue weighted by atomic mass is 10.1. The van der Waals surface area contributed by atoms with Crippen molar-refractivity contribution in [1.29, 1.82) is 0 Å². The molecular formula is C13H18N2O4. The van der Waals surface area contributed by atoms with Gasteiger partial charge < -0.3 is 14.7 Å². The van der Waals surface area contributed by atoms with Crippen LogP contribution in [0.3, 0.4) is 0 Å². The Labute approximate surface area is 112 Å². The minimum Gasteiger partial charge on any atom is -0.479 e. The molecule has 0 spiro atoms. The summed E-state index contributed by atoms with van der Waals surface area (Å²) in [6.45, 7) is 3.36. The summed E-state index contributed by atoms with van der Waals surface area (Å²) in [7, 11) is 0. The quantitative estimate of drug-likeness (QED) is 0.691. The first-order chi connectivity index (χ1) is 9.11. The molecule has 2 atom stereocenters. The van der Waals surface area contributed by atoms with Gasteiger partial charge in [-0.15, -0.1) is 6.42 Å². The van der Waals surface area contributed by atoms with Crippen LogP contribution in [0.2, 0.25) is 0 Å². The van der Waals surface area contributed by atoms with Crippen molar-refractivity contribution in [1.82, 2.24) is 9.80 Å². The van der Waals surface area contributed by atoms with Gasteiger partial charge in [0.15, 0.2) is 6.10 Å². The van der Waals surface area contributed by atoms with E-state index in [0.29, 0.717) is 32.5 Å². The average Bonchev–Trinajstić information content (AvgIpc) is 2.89. The fourth-order valence-electron chi connectivity index (χ4n) is 2.46. The topological polar surface area (TPSA) is 70.1 Å². The zero-order valence-electron chi connectivity index (χ0n) is 10.7. The number of terminal acetylenes is 1. The summed E-state index contributed by atoms with van der Waals surface area (Å²) in [5.74, 6) is 1.50. The number of hydrogen-bond donors (Lipinski definition) is 1. The third kappa shape index (κ3) is 3.25. The maximum atomic E-state index is 12.2. The molecule has 1 amide bonds. The minimum atomic E-state index is -0.992. The Morgan fingerprint density at radius 3 is 2.37 bits per heavy atom. The molecule has 2 aliphatic rings. The van der Waals surface area contributed by atoms with E-state index in [-0.39, 0.29) is 5.91 Å². The molecule has 0 radical (unpaired) electrons. The maximum absolute atomic E-state index is 12.2. The summed E-state index contributed by atoms with van der Waals surface area (Å²) in [5.41, 5.74) is 0. The second-order valence-corrected chi connectivity index (χ2v) is 4.83. The van der Waals surface area contributed by atoms with E-state index >= 15 is 0 Å². The number of amides is 1.